The summed E-state index contributed by atoms with van der Waals surface area (Å²) in [4.78, 5) is 14.3. The lowest BCUT2D eigenvalue weighted by molar-refractivity contribution is -0.132. The normalized spacial score (nSPS) is 24.7. The SMILES string of the molecule is CCCCN(C(=O)CC1CCNC1)C1CC1. The Labute approximate surface area is 98.6 Å². The van der Waals surface area contributed by atoms with Crippen LogP contribution >= 0.6 is 0 Å². The van der Waals surface area contributed by atoms with E-state index in [0.717, 1.165) is 32.5 Å². The molecule has 0 spiro atoms. The minimum Gasteiger partial charge on any atom is -0.340 e. The quantitative estimate of drug-likeness (QED) is 0.746. The van der Waals surface area contributed by atoms with E-state index in [9.17, 15) is 4.79 Å². The van der Waals surface area contributed by atoms with Gasteiger partial charge in [0.05, 0.1) is 0 Å². The average Bonchev–Trinajstić information content (AvgIpc) is 2.98. The van der Waals surface area contributed by atoms with Crippen LogP contribution in [0.1, 0.15) is 45.4 Å². The fourth-order valence-electron chi connectivity index (χ4n) is 2.48. The predicted octanol–water partition coefficient (Wildman–Crippen LogP) is 1.78. The van der Waals surface area contributed by atoms with Gasteiger partial charge in [0.15, 0.2) is 0 Å². The molecular weight excluding hydrogens is 200 g/mol. The summed E-state index contributed by atoms with van der Waals surface area (Å²) in [6.07, 6.45) is 6.76. The van der Waals surface area contributed by atoms with Crippen molar-refractivity contribution in [3.05, 3.63) is 0 Å². The summed E-state index contributed by atoms with van der Waals surface area (Å²) in [6.45, 7) is 5.31. The summed E-state index contributed by atoms with van der Waals surface area (Å²) in [7, 11) is 0. The van der Waals surface area contributed by atoms with Crippen molar-refractivity contribution in [2.75, 3.05) is 19.6 Å². The molecule has 1 atom stereocenters. The summed E-state index contributed by atoms with van der Waals surface area (Å²) in [6, 6.07) is 0.591. The van der Waals surface area contributed by atoms with Gasteiger partial charge in [-0.05, 0) is 44.7 Å². The minimum absolute atomic E-state index is 0.407. The van der Waals surface area contributed by atoms with Gasteiger partial charge in [-0.3, -0.25) is 4.79 Å². The first-order chi connectivity index (χ1) is 7.81. The van der Waals surface area contributed by atoms with Gasteiger partial charge in [-0.2, -0.15) is 0 Å². The zero-order valence-electron chi connectivity index (χ0n) is 10.4. The van der Waals surface area contributed by atoms with E-state index < -0.39 is 0 Å². The Morgan fingerprint density at radius 2 is 2.19 bits per heavy atom. The fourth-order valence-corrected chi connectivity index (χ4v) is 2.48. The van der Waals surface area contributed by atoms with Crippen LogP contribution in [0, 0.1) is 5.92 Å². The maximum atomic E-state index is 12.2. The molecule has 2 fully saturated rings. The van der Waals surface area contributed by atoms with Gasteiger partial charge in [0.25, 0.3) is 0 Å². The topological polar surface area (TPSA) is 32.3 Å². The molecule has 2 aliphatic rings. The molecule has 1 aliphatic carbocycles. The van der Waals surface area contributed by atoms with Crippen LogP contribution in [-0.4, -0.2) is 36.5 Å². The molecule has 0 bridgehead atoms. The van der Waals surface area contributed by atoms with Crippen LogP contribution in [-0.2, 0) is 4.79 Å². The monoisotopic (exact) mass is 224 g/mol. The van der Waals surface area contributed by atoms with Crippen molar-refractivity contribution >= 4 is 5.91 Å². The van der Waals surface area contributed by atoms with Crippen molar-refractivity contribution in [3.8, 4) is 0 Å². The third kappa shape index (κ3) is 3.21. The smallest absolute Gasteiger partial charge is 0.223 e. The van der Waals surface area contributed by atoms with Gasteiger partial charge in [-0.1, -0.05) is 13.3 Å². The Kier molecular flexibility index (Phi) is 4.22. The number of hydrogen-bond donors (Lipinski definition) is 1. The Morgan fingerprint density at radius 1 is 1.38 bits per heavy atom. The highest BCUT2D eigenvalue weighted by molar-refractivity contribution is 5.77. The van der Waals surface area contributed by atoms with Crippen LogP contribution in [0.4, 0.5) is 0 Å². The first-order valence-electron chi connectivity index (χ1n) is 6.81. The average molecular weight is 224 g/mol. The second kappa shape index (κ2) is 5.67. The molecule has 1 amide bonds. The highest BCUT2D eigenvalue weighted by Gasteiger charge is 2.33. The summed E-state index contributed by atoms with van der Waals surface area (Å²) in [5.41, 5.74) is 0. The third-order valence-electron chi connectivity index (χ3n) is 3.69. The zero-order chi connectivity index (χ0) is 11.4. The van der Waals surface area contributed by atoms with Crippen molar-refractivity contribution in [1.29, 1.82) is 0 Å². The van der Waals surface area contributed by atoms with Crippen LogP contribution in [0.5, 0.6) is 0 Å². The highest BCUT2D eigenvalue weighted by Crippen LogP contribution is 2.28. The van der Waals surface area contributed by atoms with Gasteiger partial charge in [0.1, 0.15) is 0 Å². The van der Waals surface area contributed by atoms with Crippen molar-refractivity contribution < 1.29 is 4.79 Å². The zero-order valence-corrected chi connectivity index (χ0v) is 10.4. The molecule has 1 aliphatic heterocycles. The second-order valence-electron chi connectivity index (χ2n) is 5.23. The van der Waals surface area contributed by atoms with Crippen LogP contribution in [0.15, 0.2) is 0 Å². The number of nitrogens with one attached hydrogen (secondary N) is 1. The maximum Gasteiger partial charge on any atom is 0.223 e. The molecular formula is C13H24N2O. The lowest BCUT2D eigenvalue weighted by Gasteiger charge is -2.23. The van der Waals surface area contributed by atoms with Crippen LogP contribution in [0.2, 0.25) is 0 Å². The molecule has 92 valence electrons. The van der Waals surface area contributed by atoms with E-state index in [1.54, 1.807) is 0 Å². The Bertz CT molecular complexity index is 232. The van der Waals surface area contributed by atoms with Gasteiger partial charge >= 0.3 is 0 Å². The van der Waals surface area contributed by atoms with Crippen LogP contribution in [0.3, 0.4) is 0 Å². The van der Waals surface area contributed by atoms with Crippen molar-refractivity contribution in [2.45, 2.75) is 51.5 Å². The first kappa shape index (κ1) is 11.9. The molecule has 1 saturated heterocycles. The lowest BCUT2D eigenvalue weighted by atomic mass is 10.0. The molecule has 1 N–H and O–H groups in total. The van der Waals surface area contributed by atoms with Gasteiger partial charge in [-0.15, -0.1) is 0 Å². The third-order valence-corrected chi connectivity index (χ3v) is 3.69. The van der Waals surface area contributed by atoms with E-state index in [1.165, 1.54) is 25.7 Å². The van der Waals surface area contributed by atoms with Gasteiger partial charge < -0.3 is 10.2 Å². The van der Waals surface area contributed by atoms with E-state index >= 15 is 0 Å². The number of unbranched alkanes of at least 4 members (excludes halogenated alkanes) is 1. The predicted molar refractivity (Wildman–Crippen MR) is 65.2 cm³/mol. The first-order valence-corrected chi connectivity index (χ1v) is 6.81. The van der Waals surface area contributed by atoms with Crippen molar-refractivity contribution in [1.82, 2.24) is 10.2 Å². The molecule has 0 aromatic rings. The van der Waals surface area contributed by atoms with Gasteiger partial charge in [0, 0.05) is 19.0 Å². The van der Waals surface area contributed by atoms with Gasteiger partial charge in [-0.25, -0.2) is 0 Å². The number of rotatable bonds is 6. The van der Waals surface area contributed by atoms with Gasteiger partial charge in [0.2, 0.25) is 5.91 Å². The number of carbonyl (C=O) groups excluding carboxylic acids is 1. The Morgan fingerprint density at radius 3 is 2.75 bits per heavy atom. The van der Waals surface area contributed by atoms with Crippen LogP contribution in [0.25, 0.3) is 0 Å². The molecule has 0 aromatic heterocycles. The van der Waals surface area contributed by atoms with Crippen molar-refractivity contribution in [2.24, 2.45) is 5.92 Å². The Balaban J connectivity index is 1.78. The molecule has 2 rings (SSSR count). The van der Waals surface area contributed by atoms with E-state index in [2.05, 4.69) is 17.1 Å². The molecule has 3 nitrogen and oxygen atoms in total. The number of hydrogen-bond acceptors (Lipinski definition) is 2. The second-order valence-corrected chi connectivity index (χ2v) is 5.23. The summed E-state index contributed by atoms with van der Waals surface area (Å²) < 4.78 is 0. The minimum atomic E-state index is 0.407. The molecule has 3 heteroatoms. The fraction of sp³-hybridized carbons (Fsp3) is 0.923. The van der Waals surface area contributed by atoms with Crippen molar-refractivity contribution in [3.63, 3.8) is 0 Å². The number of carbonyl (C=O) groups is 1. The lowest BCUT2D eigenvalue weighted by Crippen LogP contribution is -2.35. The molecule has 0 radical (unpaired) electrons. The molecule has 1 unspecified atom stereocenters. The Hall–Kier alpha value is -0.570. The van der Waals surface area contributed by atoms with E-state index in [-0.39, 0.29) is 0 Å². The summed E-state index contributed by atoms with van der Waals surface area (Å²) in [5, 5.41) is 3.33. The molecule has 16 heavy (non-hydrogen) atoms. The number of nitrogens with zero attached hydrogens (tertiary/aromatic N) is 1. The standard InChI is InChI=1S/C13H24N2O/c1-2-3-8-15(12-4-5-12)13(16)9-11-6-7-14-10-11/h11-12,14H,2-10H2,1H3. The molecule has 1 heterocycles. The molecule has 0 aromatic carbocycles. The number of amides is 1. The summed E-state index contributed by atoms with van der Waals surface area (Å²) >= 11 is 0. The summed E-state index contributed by atoms with van der Waals surface area (Å²) in [5.74, 6) is 1.00. The maximum absolute atomic E-state index is 12.2. The van der Waals surface area contributed by atoms with Crippen LogP contribution < -0.4 is 5.32 Å². The van der Waals surface area contributed by atoms with E-state index in [1.807, 2.05) is 0 Å². The van der Waals surface area contributed by atoms with E-state index in [4.69, 9.17) is 0 Å². The molecule has 1 saturated carbocycles. The highest BCUT2D eigenvalue weighted by atomic mass is 16.2. The largest absolute Gasteiger partial charge is 0.340 e. The van der Waals surface area contributed by atoms with E-state index in [0.29, 0.717) is 17.9 Å².